The van der Waals surface area contributed by atoms with E-state index in [9.17, 15) is 18.0 Å². The van der Waals surface area contributed by atoms with E-state index in [0.29, 0.717) is 35.4 Å². The summed E-state index contributed by atoms with van der Waals surface area (Å²) >= 11 is 0. The predicted molar refractivity (Wildman–Crippen MR) is 150 cm³/mol. The largest absolute Gasteiger partial charge is 0.360 e. The lowest BCUT2D eigenvalue weighted by molar-refractivity contribution is 0.0869. The lowest BCUT2D eigenvalue weighted by atomic mass is 9.82. The van der Waals surface area contributed by atoms with Crippen molar-refractivity contribution in [3.8, 4) is 11.3 Å². The number of ketones is 1. The molecule has 1 saturated heterocycles. The van der Waals surface area contributed by atoms with Crippen LogP contribution in [0.3, 0.4) is 0 Å². The molecule has 41 heavy (non-hydrogen) atoms. The highest BCUT2D eigenvalue weighted by molar-refractivity contribution is 6.04. The molecule has 1 aliphatic carbocycles. The molecule has 2 aliphatic rings. The predicted octanol–water partition coefficient (Wildman–Crippen LogP) is 6.69. The fourth-order valence-electron chi connectivity index (χ4n) is 6.21. The number of hydrogen-bond donors (Lipinski definition) is 0. The molecule has 212 valence electrons. The van der Waals surface area contributed by atoms with E-state index in [2.05, 4.69) is 15.0 Å². The van der Waals surface area contributed by atoms with E-state index in [1.54, 1.807) is 42.5 Å². The summed E-state index contributed by atoms with van der Waals surface area (Å²) < 4.78 is 47.1. The van der Waals surface area contributed by atoms with Crippen LogP contribution in [0.1, 0.15) is 52.5 Å². The van der Waals surface area contributed by atoms with E-state index >= 15 is 0 Å². The van der Waals surface area contributed by atoms with Crippen LogP contribution in [0.4, 0.5) is 13.2 Å². The van der Waals surface area contributed by atoms with E-state index in [1.165, 1.54) is 30.3 Å². The Hall–Kier alpha value is -3.75. The Morgan fingerprint density at radius 2 is 1.49 bits per heavy atom. The number of aromatic nitrogens is 1. The number of fused-ring (bicyclic) bond motifs is 1. The number of halogens is 3. The van der Waals surface area contributed by atoms with Gasteiger partial charge in [-0.15, -0.1) is 0 Å². The SMILES string of the molecule is O=C1c2c(-c3ccccc3F)noc2CCC1CCCN1CCN(C(c2ccc(F)cc2)c2ccc(F)cc2)CC1. The molecule has 1 aromatic heterocycles. The van der Waals surface area contributed by atoms with Gasteiger partial charge in [0.2, 0.25) is 0 Å². The molecule has 4 aromatic rings. The minimum Gasteiger partial charge on any atom is -0.360 e. The van der Waals surface area contributed by atoms with Crippen LogP contribution >= 0.6 is 0 Å². The van der Waals surface area contributed by atoms with Gasteiger partial charge < -0.3 is 9.42 Å². The molecule has 0 spiro atoms. The highest BCUT2D eigenvalue weighted by Crippen LogP contribution is 2.36. The minimum absolute atomic E-state index is 0.00277. The molecule has 2 heterocycles. The molecule has 3 aromatic carbocycles. The minimum atomic E-state index is -0.418. The van der Waals surface area contributed by atoms with Gasteiger partial charge in [-0.1, -0.05) is 41.6 Å². The number of carbonyl (C=O) groups is 1. The third-order valence-corrected chi connectivity index (χ3v) is 8.40. The Bertz CT molecular complexity index is 1450. The molecule has 0 amide bonds. The normalized spacial score (nSPS) is 18.1. The molecular weight excluding hydrogens is 527 g/mol. The molecule has 1 fully saturated rings. The zero-order chi connectivity index (χ0) is 28.3. The Labute approximate surface area is 237 Å². The third-order valence-electron chi connectivity index (χ3n) is 8.40. The standard InChI is InChI=1S/C33H32F3N3O2/c34-25-12-7-22(8-13-25)32(23-9-14-26(35)15-10-23)39-20-18-38(19-21-39)17-3-4-24-11-16-29-30(33(24)40)31(37-41-29)27-5-1-2-6-28(27)36/h1-2,5-10,12-15,24,32H,3-4,11,16-21H2. The van der Waals surface area contributed by atoms with Crippen molar-refractivity contribution in [1.29, 1.82) is 0 Å². The molecule has 1 aliphatic heterocycles. The van der Waals surface area contributed by atoms with Crippen LogP contribution in [-0.2, 0) is 6.42 Å². The number of benzene rings is 3. The van der Waals surface area contributed by atoms with Crippen LogP contribution in [0.2, 0.25) is 0 Å². The number of hydrogen-bond acceptors (Lipinski definition) is 5. The average molecular weight is 560 g/mol. The van der Waals surface area contributed by atoms with Gasteiger partial charge in [0.25, 0.3) is 0 Å². The quantitative estimate of drug-likeness (QED) is 0.241. The molecule has 1 atom stereocenters. The zero-order valence-corrected chi connectivity index (χ0v) is 22.7. The van der Waals surface area contributed by atoms with Gasteiger partial charge >= 0.3 is 0 Å². The summed E-state index contributed by atoms with van der Waals surface area (Å²) in [6.45, 7) is 4.25. The van der Waals surface area contributed by atoms with Gasteiger partial charge in [-0.3, -0.25) is 9.69 Å². The number of aryl methyl sites for hydroxylation is 1. The van der Waals surface area contributed by atoms with E-state index in [0.717, 1.165) is 56.7 Å². The highest BCUT2D eigenvalue weighted by Gasteiger charge is 2.34. The second-order valence-electron chi connectivity index (χ2n) is 10.9. The second kappa shape index (κ2) is 12.0. The number of carbonyl (C=O) groups excluding carboxylic acids is 1. The smallest absolute Gasteiger partial charge is 0.171 e. The molecule has 6 rings (SSSR count). The summed E-state index contributed by atoms with van der Waals surface area (Å²) in [6.07, 6.45) is 2.97. The summed E-state index contributed by atoms with van der Waals surface area (Å²) in [5, 5.41) is 4.06. The van der Waals surface area contributed by atoms with Crippen molar-refractivity contribution in [2.45, 2.75) is 31.7 Å². The molecular formula is C33H32F3N3O2. The first kappa shape index (κ1) is 27.4. The number of nitrogens with zero attached hydrogens (tertiary/aromatic N) is 3. The maximum atomic E-state index is 14.4. The van der Waals surface area contributed by atoms with Crippen LogP contribution in [0, 0.1) is 23.4 Å². The summed E-state index contributed by atoms with van der Waals surface area (Å²) in [6, 6.07) is 19.3. The Kier molecular flexibility index (Phi) is 8.03. The molecule has 5 nitrogen and oxygen atoms in total. The number of Topliss-reactive ketones (excluding diaryl/α,β-unsaturated/α-hetero) is 1. The van der Waals surface area contributed by atoms with E-state index < -0.39 is 5.82 Å². The molecule has 0 radical (unpaired) electrons. The fraction of sp³-hybridized carbons (Fsp3) is 0.333. The third kappa shape index (κ3) is 5.85. The van der Waals surface area contributed by atoms with Crippen LogP contribution in [0.25, 0.3) is 11.3 Å². The van der Waals surface area contributed by atoms with Crippen molar-refractivity contribution in [2.75, 3.05) is 32.7 Å². The fourth-order valence-corrected chi connectivity index (χ4v) is 6.21. The Morgan fingerprint density at radius 3 is 2.12 bits per heavy atom. The van der Waals surface area contributed by atoms with Crippen LogP contribution in [-0.4, -0.2) is 53.5 Å². The van der Waals surface area contributed by atoms with Gasteiger partial charge in [0, 0.05) is 44.1 Å². The lowest BCUT2D eigenvalue weighted by Gasteiger charge is -2.40. The topological polar surface area (TPSA) is 49.6 Å². The van der Waals surface area contributed by atoms with Gasteiger partial charge in [-0.2, -0.15) is 0 Å². The van der Waals surface area contributed by atoms with Crippen molar-refractivity contribution in [3.63, 3.8) is 0 Å². The zero-order valence-electron chi connectivity index (χ0n) is 22.7. The van der Waals surface area contributed by atoms with Gasteiger partial charge in [0.1, 0.15) is 28.9 Å². The second-order valence-corrected chi connectivity index (χ2v) is 10.9. The maximum absolute atomic E-state index is 14.4. The van der Waals surface area contributed by atoms with E-state index in [-0.39, 0.29) is 29.4 Å². The molecule has 0 saturated carbocycles. The monoisotopic (exact) mass is 559 g/mol. The van der Waals surface area contributed by atoms with Crippen molar-refractivity contribution in [3.05, 3.63) is 113 Å². The van der Waals surface area contributed by atoms with E-state index in [1.807, 2.05) is 0 Å². The first-order valence-corrected chi connectivity index (χ1v) is 14.2. The molecule has 0 N–H and O–H groups in total. The summed E-state index contributed by atoms with van der Waals surface area (Å²) in [7, 11) is 0. The van der Waals surface area contributed by atoms with Crippen molar-refractivity contribution < 1.29 is 22.5 Å². The first-order chi connectivity index (χ1) is 20.0. The van der Waals surface area contributed by atoms with Crippen molar-refractivity contribution in [2.24, 2.45) is 5.92 Å². The van der Waals surface area contributed by atoms with E-state index in [4.69, 9.17) is 4.52 Å². The average Bonchev–Trinajstić information content (AvgIpc) is 3.42. The van der Waals surface area contributed by atoms with Crippen LogP contribution < -0.4 is 0 Å². The lowest BCUT2D eigenvalue weighted by Crippen LogP contribution is -2.48. The first-order valence-electron chi connectivity index (χ1n) is 14.2. The Morgan fingerprint density at radius 1 is 0.854 bits per heavy atom. The molecule has 0 bridgehead atoms. The van der Waals surface area contributed by atoms with Crippen molar-refractivity contribution in [1.82, 2.24) is 15.0 Å². The molecule has 1 unspecified atom stereocenters. The molecule has 8 heteroatoms. The van der Waals surface area contributed by atoms with Gasteiger partial charge in [-0.05, 0) is 73.3 Å². The van der Waals surface area contributed by atoms with Crippen molar-refractivity contribution >= 4 is 5.78 Å². The summed E-state index contributed by atoms with van der Waals surface area (Å²) in [5.41, 5.74) is 2.99. The highest BCUT2D eigenvalue weighted by atomic mass is 19.1. The summed E-state index contributed by atoms with van der Waals surface area (Å²) in [4.78, 5) is 18.2. The summed E-state index contributed by atoms with van der Waals surface area (Å²) in [5.74, 6) is -0.559. The van der Waals surface area contributed by atoms with Crippen LogP contribution in [0.5, 0.6) is 0 Å². The van der Waals surface area contributed by atoms with Gasteiger partial charge in [0.15, 0.2) is 5.78 Å². The number of rotatable bonds is 8. The van der Waals surface area contributed by atoms with Gasteiger partial charge in [0.05, 0.1) is 11.6 Å². The maximum Gasteiger partial charge on any atom is 0.171 e. The number of piperazine rings is 1. The van der Waals surface area contributed by atoms with Crippen LogP contribution in [0.15, 0.2) is 77.3 Å². The Balaban J connectivity index is 1.06. The van der Waals surface area contributed by atoms with Gasteiger partial charge in [-0.25, -0.2) is 13.2 Å².